The van der Waals surface area contributed by atoms with Gasteiger partial charge in [0.15, 0.2) is 0 Å². The zero-order chi connectivity index (χ0) is 13.7. The quantitative estimate of drug-likeness (QED) is 0.808. The Kier molecular flexibility index (Phi) is 4.98. The number of hydrogen-bond acceptors (Lipinski definition) is 2. The smallest absolute Gasteiger partial charge is 0.134 e. The Morgan fingerprint density at radius 2 is 1.84 bits per heavy atom. The number of ether oxygens (including phenoxy) is 1. The van der Waals surface area contributed by atoms with Crippen LogP contribution in [0.4, 0.5) is 0 Å². The average Bonchev–Trinajstić information content (AvgIpc) is 2.39. The van der Waals surface area contributed by atoms with Crippen molar-refractivity contribution in [3.05, 3.63) is 69.2 Å². The molecule has 1 unspecified atom stereocenters. The first-order valence-electron chi connectivity index (χ1n) is 5.70. The number of hydrogen-bond donors (Lipinski definition) is 0. The molecule has 0 spiro atoms. The lowest BCUT2D eigenvalue weighted by Crippen LogP contribution is -2.06. The summed E-state index contributed by atoms with van der Waals surface area (Å²) < 4.78 is 6.60. The van der Waals surface area contributed by atoms with Crippen molar-refractivity contribution < 1.29 is 4.74 Å². The van der Waals surface area contributed by atoms with E-state index in [1.54, 1.807) is 0 Å². The largest absolute Gasteiger partial charge is 0.354 e. The lowest BCUT2D eigenvalue weighted by molar-refractivity contribution is 0.107. The summed E-state index contributed by atoms with van der Waals surface area (Å²) in [5.74, 6) is 0. The van der Waals surface area contributed by atoms with Gasteiger partial charge in [0.05, 0.1) is 6.07 Å². The fourth-order valence-corrected chi connectivity index (χ4v) is 2.46. The molecule has 2 nitrogen and oxygen atoms in total. The summed E-state index contributed by atoms with van der Waals surface area (Å²) in [5, 5.41) is 9.36. The molecule has 1 atom stereocenters. The average molecular weight is 337 g/mol. The number of benzene rings is 2. The van der Waals surface area contributed by atoms with Crippen LogP contribution in [0.1, 0.15) is 17.2 Å². The molecule has 2 aromatic rings. The summed E-state index contributed by atoms with van der Waals surface area (Å²) in [6, 6.07) is 17.3. The molecular formula is C15H11BrClNO. The molecule has 0 saturated carbocycles. The SMILES string of the molecule is N#CCOC(c1cccc(Cl)c1)c1cccc(Br)c1. The van der Waals surface area contributed by atoms with Crippen LogP contribution in [0.15, 0.2) is 53.0 Å². The summed E-state index contributed by atoms with van der Waals surface area (Å²) >= 11 is 9.45. The first-order chi connectivity index (χ1) is 9.20. The Labute approximate surface area is 125 Å². The highest BCUT2D eigenvalue weighted by molar-refractivity contribution is 9.10. The van der Waals surface area contributed by atoms with E-state index in [-0.39, 0.29) is 12.7 Å². The van der Waals surface area contributed by atoms with Gasteiger partial charge >= 0.3 is 0 Å². The van der Waals surface area contributed by atoms with Gasteiger partial charge in [-0.05, 0) is 35.4 Å². The van der Waals surface area contributed by atoms with Gasteiger partial charge in [-0.15, -0.1) is 0 Å². The summed E-state index contributed by atoms with van der Waals surface area (Å²) in [6.07, 6.45) is -0.296. The van der Waals surface area contributed by atoms with Crippen LogP contribution < -0.4 is 0 Å². The minimum Gasteiger partial charge on any atom is -0.354 e. The monoisotopic (exact) mass is 335 g/mol. The highest BCUT2D eigenvalue weighted by Gasteiger charge is 2.15. The molecule has 2 rings (SSSR count). The normalized spacial score (nSPS) is 11.8. The summed E-state index contributed by atoms with van der Waals surface area (Å²) in [7, 11) is 0. The lowest BCUT2D eigenvalue weighted by Gasteiger charge is -2.17. The number of halogens is 2. The molecule has 96 valence electrons. The maximum Gasteiger partial charge on any atom is 0.134 e. The van der Waals surface area contributed by atoms with Gasteiger partial charge in [-0.3, -0.25) is 0 Å². The van der Waals surface area contributed by atoms with Crippen LogP contribution in [0.3, 0.4) is 0 Å². The van der Waals surface area contributed by atoms with Crippen LogP contribution in [0.25, 0.3) is 0 Å². The highest BCUT2D eigenvalue weighted by Crippen LogP contribution is 2.29. The summed E-state index contributed by atoms with van der Waals surface area (Å²) in [6.45, 7) is 0.0314. The molecule has 0 N–H and O–H groups in total. The van der Waals surface area contributed by atoms with Crippen molar-refractivity contribution in [1.82, 2.24) is 0 Å². The van der Waals surface area contributed by atoms with Crippen LogP contribution in [0, 0.1) is 11.3 Å². The van der Waals surface area contributed by atoms with Crippen molar-refractivity contribution in [1.29, 1.82) is 5.26 Å². The van der Waals surface area contributed by atoms with Crippen molar-refractivity contribution in [2.75, 3.05) is 6.61 Å². The topological polar surface area (TPSA) is 33.0 Å². The van der Waals surface area contributed by atoms with Gasteiger partial charge in [-0.2, -0.15) is 5.26 Å². The predicted octanol–water partition coefficient (Wildman–Crippen LogP) is 4.73. The molecule has 0 bridgehead atoms. The fraction of sp³-hybridized carbons (Fsp3) is 0.133. The third-order valence-electron chi connectivity index (χ3n) is 2.62. The van der Waals surface area contributed by atoms with E-state index in [2.05, 4.69) is 15.9 Å². The Morgan fingerprint density at radius 1 is 1.16 bits per heavy atom. The minimum atomic E-state index is -0.296. The third-order valence-corrected chi connectivity index (χ3v) is 3.35. The van der Waals surface area contributed by atoms with Crippen LogP contribution in [0.5, 0.6) is 0 Å². The molecule has 0 aliphatic heterocycles. The molecule has 0 aromatic heterocycles. The lowest BCUT2D eigenvalue weighted by atomic mass is 10.0. The Bertz CT molecular complexity index is 564. The van der Waals surface area contributed by atoms with Gasteiger partial charge in [-0.1, -0.05) is 51.8 Å². The van der Waals surface area contributed by atoms with Crippen molar-refractivity contribution in [2.45, 2.75) is 6.10 Å². The fourth-order valence-electron chi connectivity index (χ4n) is 1.84. The van der Waals surface area contributed by atoms with E-state index in [4.69, 9.17) is 21.6 Å². The summed E-state index contributed by atoms with van der Waals surface area (Å²) in [5.41, 5.74) is 1.91. The minimum absolute atomic E-state index is 0.0314. The zero-order valence-corrected chi connectivity index (χ0v) is 12.4. The molecule has 0 aliphatic rings. The first-order valence-corrected chi connectivity index (χ1v) is 6.87. The molecule has 0 fully saturated rings. The maximum atomic E-state index is 8.71. The molecule has 4 heteroatoms. The Balaban J connectivity index is 2.38. The van der Waals surface area contributed by atoms with E-state index in [9.17, 15) is 0 Å². The van der Waals surface area contributed by atoms with E-state index < -0.39 is 0 Å². The first kappa shape index (κ1) is 14.1. The maximum absolute atomic E-state index is 8.71. The predicted molar refractivity (Wildman–Crippen MR) is 79.0 cm³/mol. The van der Waals surface area contributed by atoms with Crippen LogP contribution >= 0.6 is 27.5 Å². The van der Waals surface area contributed by atoms with E-state index in [1.165, 1.54) is 0 Å². The van der Waals surface area contributed by atoms with E-state index >= 15 is 0 Å². The van der Waals surface area contributed by atoms with Crippen molar-refractivity contribution in [3.63, 3.8) is 0 Å². The Morgan fingerprint density at radius 3 is 2.47 bits per heavy atom. The number of nitriles is 1. The van der Waals surface area contributed by atoms with Crippen LogP contribution in [-0.4, -0.2) is 6.61 Å². The highest BCUT2D eigenvalue weighted by atomic mass is 79.9. The molecule has 0 heterocycles. The molecular weight excluding hydrogens is 326 g/mol. The number of rotatable bonds is 4. The zero-order valence-electron chi connectivity index (χ0n) is 10.0. The van der Waals surface area contributed by atoms with Gasteiger partial charge in [0, 0.05) is 9.50 Å². The van der Waals surface area contributed by atoms with E-state index in [1.807, 2.05) is 54.6 Å². The summed E-state index contributed by atoms with van der Waals surface area (Å²) in [4.78, 5) is 0. The standard InChI is InChI=1S/C15H11BrClNO/c16-13-5-1-3-11(9-13)15(19-8-7-18)12-4-2-6-14(17)10-12/h1-6,9-10,15H,8H2. The second-order valence-electron chi connectivity index (χ2n) is 3.96. The number of nitrogens with zero attached hydrogens (tertiary/aromatic N) is 1. The van der Waals surface area contributed by atoms with Gasteiger partial charge in [0.2, 0.25) is 0 Å². The molecule has 2 aromatic carbocycles. The third kappa shape index (κ3) is 3.81. The van der Waals surface area contributed by atoms with Gasteiger partial charge in [-0.25, -0.2) is 0 Å². The second-order valence-corrected chi connectivity index (χ2v) is 5.31. The second kappa shape index (κ2) is 6.72. The van der Waals surface area contributed by atoms with Crippen LogP contribution in [-0.2, 0) is 4.74 Å². The molecule has 0 radical (unpaired) electrons. The molecule has 0 aliphatic carbocycles. The molecule has 19 heavy (non-hydrogen) atoms. The van der Waals surface area contributed by atoms with E-state index in [0.29, 0.717) is 5.02 Å². The van der Waals surface area contributed by atoms with Crippen molar-refractivity contribution >= 4 is 27.5 Å². The van der Waals surface area contributed by atoms with Crippen molar-refractivity contribution in [2.24, 2.45) is 0 Å². The van der Waals surface area contributed by atoms with Gasteiger partial charge in [0.1, 0.15) is 12.7 Å². The Hall–Kier alpha value is -1.34. The van der Waals surface area contributed by atoms with Gasteiger partial charge < -0.3 is 4.74 Å². The molecule has 0 amide bonds. The van der Waals surface area contributed by atoms with Crippen molar-refractivity contribution in [3.8, 4) is 6.07 Å². The van der Waals surface area contributed by atoms with Crippen LogP contribution in [0.2, 0.25) is 5.02 Å². The molecule has 0 saturated heterocycles. The van der Waals surface area contributed by atoms with E-state index in [0.717, 1.165) is 15.6 Å². The van der Waals surface area contributed by atoms with Gasteiger partial charge in [0.25, 0.3) is 0 Å².